The number of rotatable bonds is 5. The standard InChI is InChI=1S/C21H14F3N5O4/c1-12(13-7-15(21(22,23)24)10-17(8-13)29(32)33)26-19(30)18-9-14(11-25)20(31)28(27-18)16-5-3-2-4-6-16/h2-10,12H,1H3,(H,26,30)/t12-/m1/s1. The number of hydrogen-bond acceptors (Lipinski definition) is 6. The maximum Gasteiger partial charge on any atom is 0.416 e. The van der Waals surface area contributed by atoms with Gasteiger partial charge in [-0.15, -0.1) is 0 Å². The molecule has 0 spiro atoms. The Balaban J connectivity index is 1.98. The van der Waals surface area contributed by atoms with E-state index in [4.69, 9.17) is 0 Å². The molecule has 0 unspecified atom stereocenters. The fraction of sp³-hybridized carbons (Fsp3) is 0.143. The molecule has 0 radical (unpaired) electrons. The Bertz CT molecular complexity index is 1330. The summed E-state index contributed by atoms with van der Waals surface area (Å²) < 4.78 is 40.3. The Labute approximate surface area is 183 Å². The molecule has 1 N–H and O–H groups in total. The van der Waals surface area contributed by atoms with Crippen LogP contribution in [0.2, 0.25) is 0 Å². The molecule has 1 amide bonds. The molecule has 0 aliphatic carbocycles. The van der Waals surface area contributed by atoms with Gasteiger partial charge in [0, 0.05) is 12.1 Å². The average Bonchev–Trinajstić information content (AvgIpc) is 2.78. The lowest BCUT2D eigenvalue weighted by Gasteiger charge is -2.16. The van der Waals surface area contributed by atoms with E-state index in [2.05, 4.69) is 10.4 Å². The second kappa shape index (κ2) is 8.91. The van der Waals surface area contributed by atoms with Crippen molar-refractivity contribution in [2.24, 2.45) is 0 Å². The lowest BCUT2D eigenvalue weighted by Crippen LogP contribution is -2.32. The molecule has 12 heteroatoms. The van der Waals surface area contributed by atoms with Gasteiger partial charge in [-0.2, -0.15) is 28.2 Å². The SMILES string of the molecule is C[C@@H](NC(=O)c1cc(C#N)c(=O)n(-c2ccccc2)n1)c1cc([N+](=O)[O-])cc(C(F)(F)F)c1. The Morgan fingerprint density at radius 2 is 1.88 bits per heavy atom. The van der Waals surface area contributed by atoms with E-state index in [-0.39, 0.29) is 22.5 Å². The molecule has 1 heterocycles. The first kappa shape index (κ1) is 23.1. The number of para-hydroxylation sites is 1. The Morgan fingerprint density at radius 3 is 2.45 bits per heavy atom. The molecular weight excluding hydrogens is 443 g/mol. The summed E-state index contributed by atoms with van der Waals surface area (Å²) in [5, 5.41) is 26.6. The number of alkyl halides is 3. The van der Waals surface area contributed by atoms with Gasteiger partial charge >= 0.3 is 6.18 Å². The summed E-state index contributed by atoms with van der Waals surface area (Å²) in [4.78, 5) is 35.2. The van der Waals surface area contributed by atoms with Crippen molar-refractivity contribution in [3.8, 4) is 11.8 Å². The predicted molar refractivity (Wildman–Crippen MR) is 109 cm³/mol. The second-order valence-corrected chi connectivity index (χ2v) is 6.87. The molecule has 0 fully saturated rings. The fourth-order valence-corrected chi connectivity index (χ4v) is 2.94. The molecule has 0 bridgehead atoms. The van der Waals surface area contributed by atoms with Crippen LogP contribution >= 0.6 is 0 Å². The van der Waals surface area contributed by atoms with Crippen LogP contribution in [0.5, 0.6) is 0 Å². The molecule has 0 saturated carbocycles. The van der Waals surface area contributed by atoms with E-state index in [0.717, 1.165) is 16.8 Å². The number of nitrogens with one attached hydrogen (secondary N) is 1. The van der Waals surface area contributed by atoms with Crippen molar-refractivity contribution in [3.05, 3.63) is 97.4 Å². The summed E-state index contributed by atoms with van der Waals surface area (Å²) in [7, 11) is 0. The van der Waals surface area contributed by atoms with Crippen LogP contribution in [0.3, 0.4) is 0 Å². The van der Waals surface area contributed by atoms with Crippen LogP contribution in [0.25, 0.3) is 5.69 Å². The molecule has 2 aromatic carbocycles. The van der Waals surface area contributed by atoms with E-state index in [0.29, 0.717) is 12.1 Å². The Hall–Kier alpha value is -4.53. The van der Waals surface area contributed by atoms with E-state index >= 15 is 0 Å². The number of nitro groups is 1. The number of nitro benzene ring substituents is 1. The van der Waals surface area contributed by atoms with Crippen molar-refractivity contribution in [2.45, 2.75) is 19.1 Å². The van der Waals surface area contributed by atoms with Gasteiger partial charge < -0.3 is 5.32 Å². The highest BCUT2D eigenvalue weighted by molar-refractivity contribution is 5.92. The van der Waals surface area contributed by atoms with Crippen molar-refractivity contribution < 1.29 is 22.9 Å². The predicted octanol–water partition coefficient (Wildman–Crippen LogP) is 3.52. The van der Waals surface area contributed by atoms with Gasteiger partial charge in [0.25, 0.3) is 17.2 Å². The Kier molecular flexibility index (Phi) is 6.25. The quantitative estimate of drug-likeness (QED) is 0.461. The number of non-ortho nitro benzene ring substituents is 1. The molecule has 0 saturated heterocycles. The lowest BCUT2D eigenvalue weighted by atomic mass is 10.0. The third-order valence-corrected chi connectivity index (χ3v) is 4.59. The van der Waals surface area contributed by atoms with E-state index in [1.54, 1.807) is 24.3 Å². The maximum atomic E-state index is 13.1. The smallest absolute Gasteiger partial charge is 0.344 e. The fourth-order valence-electron chi connectivity index (χ4n) is 2.94. The topological polar surface area (TPSA) is 131 Å². The van der Waals surface area contributed by atoms with Crippen molar-refractivity contribution in [1.82, 2.24) is 15.1 Å². The van der Waals surface area contributed by atoms with Gasteiger partial charge in [-0.25, -0.2) is 0 Å². The molecule has 0 aliphatic rings. The number of hydrogen-bond donors (Lipinski definition) is 1. The third kappa shape index (κ3) is 5.04. The van der Waals surface area contributed by atoms with E-state index < -0.39 is 39.9 Å². The molecule has 1 aromatic heterocycles. The molecular formula is C21H14F3N5O4. The van der Waals surface area contributed by atoms with Gasteiger partial charge in [0.1, 0.15) is 11.6 Å². The second-order valence-electron chi connectivity index (χ2n) is 6.87. The highest BCUT2D eigenvalue weighted by Crippen LogP contribution is 2.34. The van der Waals surface area contributed by atoms with Crippen LogP contribution in [-0.2, 0) is 6.18 Å². The number of nitriles is 1. The minimum Gasteiger partial charge on any atom is -0.344 e. The largest absolute Gasteiger partial charge is 0.416 e. The number of carbonyl (C=O) groups excluding carboxylic acids is 1. The minimum atomic E-state index is -4.83. The van der Waals surface area contributed by atoms with E-state index in [1.165, 1.54) is 19.1 Å². The number of halogens is 3. The zero-order valence-electron chi connectivity index (χ0n) is 16.8. The van der Waals surface area contributed by atoms with Crippen molar-refractivity contribution >= 4 is 11.6 Å². The average molecular weight is 457 g/mol. The zero-order valence-corrected chi connectivity index (χ0v) is 16.8. The summed E-state index contributed by atoms with van der Waals surface area (Å²) >= 11 is 0. The van der Waals surface area contributed by atoms with Gasteiger partial charge in [0.05, 0.1) is 22.2 Å². The van der Waals surface area contributed by atoms with Crippen LogP contribution < -0.4 is 10.9 Å². The maximum absolute atomic E-state index is 13.1. The van der Waals surface area contributed by atoms with Gasteiger partial charge in [0.2, 0.25) is 0 Å². The normalized spacial score (nSPS) is 12.0. The van der Waals surface area contributed by atoms with Gasteiger partial charge in [-0.1, -0.05) is 18.2 Å². The van der Waals surface area contributed by atoms with Crippen LogP contribution in [0.1, 0.15) is 40.1 Å². The van der Waals surface area contributed by atoms with Gasteiger partial charge in [0.15, 0.2) is 5.69 Å². The van der Waals surface area contributed by atoms with E-state index in [9.17, 15) is 38.1 Å². The van der Waals surface area contributed by atoms with Crippen molar-refractivity contribution in [3.63, 3.8) is 0 Å². The number of nitrogens with zero attached hydrogens (tertiary/aromatic N) is 4. The first-order valence-corrected chi connectivity index (χ1v) is 9.28. The van der Waals surface area contributed by atoms with Crippen LogP contribution in [0.4, 0.5) is 18.9 Å². The number of aromatic nitrogens is 2. The van der Waals surface area contributed by atoms with Crippen molar-refractivity contribution in [1.29, 1.82) is 5.26 Å². The first-order valence-electron chi connectivity index (χ1n) is 9.28. The zero-order chi connectivity index (χ0) is 24.3. The molecule has 9 nitrogen and oxygen atoms in total. The van der Waals surface area contributed by atoms with Gasteiger partial charge in [-0.3, -0.25) is 19.7 Å². The number of benzene rings is 2. The molecule has 33 heavy (non-hydrogen) atoms. The molecule has 168 valence electrons. The number of carbonyl (C=O) groups is 1. The summed E-state index contributed by atoms with van der Waals surface area (Å²) in [5.74, 6) is -0.899. The monoisotopic (exact) mass is 457 g/mol. The van der Waals surface area contributed by atoms with E-state index in [1.807, 2.05) is 0 Å². The van der Waals surface area contributed by atoms with Gasteiger partial charge in [-0.05, 0) is 36.8 Å². The first-order chi connectivity index (χ1) is 15.5. The summed E-state index contributed by atoms with van der Waals surface area (Å²) in [5.41, 5.74) is -3.39. The summed E-state index contributed by atoms with van der Waals surface area (Å²) in [6.07, 6.45) is -4.83. The number of amides is 1. The van der Waals surface area contributed by atoms with Crippen LogP contribution in [0.15, 0.2) is 59.4 Å². The molecule has 1 atom stereocenters. The van der Waals surface area contributed by atoms with Crippen LogP contribution in [-0.4, -0.2) is 20.6 Å². The Morgan fingerprint density at radius 1 is 1.21 bits per heavy atom. The summed E-state index contributed by atoms with van der Waals surface area (Å²) in [6, 6.07) is 11.5. The lowest BCUT2D eigenvalue weighted by molar-refractivity contribution is -0.385. The summed E-state index contributed by atoms with van der Waals surface area (Å²) in [6.45, 7) is 1.33. The minimum absolute atomic E-state index is 0.165. The van der Waals surface area contributed by atoms with Crippen LogP contribution in [0, 0.1) is 21.4 Å². The molecule has 0 aliphatic heterocycles. The molecule has 3 aromatic rings. The molecule has 3 rings (SSSR count). The highest BCUT2D eigenvalue weighted by Gasteiger charge is 2.33. The third-order valence-electron chi connectivity index (χ3n) is 4.59. The highest BCUT2D eigenvalue weighted by atomic mass is 19.4. The van der Waals surface area contributed by atoms with Crippen molar-refractivity contribution in [2.75, 3.05) is 0 Å².